The van der Waals surface area contributed by atoms with E-state index in [-0.39, 0.29) is 19.1 Å². The molecule has 1 saturated carbocycles. The van der Waals surface area contributed by atoms with Crippen molar-refractivity contribution in [1.82, 2.24) is 9.88 Å². The number of hydrogen-bond donors (Lipinski definition) is 1. The van der Waals surface area contributed by atoms with Crippen molar-refractivity contribution in [3.8, 4) is 6.07 Å². The van der Waals surface area contributed by atoms with Crippen LogP contribution in [0.15, 0.2) is 12.1 Å². The van der Waals surface area contributed by atoms with Crippen molar-refractivity contribution in [2.24, 2.45) is 5.92 Å². The fourth-order valence-corrected chi connectivity index (χ4v) is 2.48. The number of amides is 1. The number of aromatic nitrogens is 1. The van der Waals surface area contributed by atoms with E-state index in [0.29, 0.717) is 0 Å². The van der Waals surface area contributed by atoms with Crippen LogP contribution in [0.4, 0.5) is 0 Å². The molecule has 0 spiro atoms. The van der Waals surface area contributed by atoms with Crippen LogP contribution in [0.1, 0.15) is 31.2 Å². The first-order valence-electron chi connectivity index (χ1n) is 7.36. The van der Waals surface area contributed by atoms with E-state index in [1.807, 2.05) is 30.5 Å². The van der Waals surface area contributed by atoms with E-state index in [2.05, 4.69) is 11.4 Å². The van der Waals surface area contributed by atoms with E-state index >= 15 is 0 Å². The molecule has 1 heterocycles. The largest absolute Gasteiger partial charge is 0.454 e. The molecule has 118 valence electrons. The number of nitrogens with zero attached hydrogens (tertiary/aromatic N) is 2. The van der Waals surface area contributed by atoms with E-state index in [9.17, 15) is 14.9 Å². The molecule has 0 aromatic carbocycles. The molecular weight excluding hydrogens is 282 g/mol. The quantitative estimate of drug-likeness (QED) is 0.806. The first-order valence-corrected chi connectivity index (χ1v) is 7.36. The molecule has 6 nitrogen and oxygen atoms in total. The van der Waals surface area contributed by atoms with Crippen LogP contribution in [0.2, 0.25) is 0 Å². The molecule has 1 aliphatic carbocycles. The Balaban J connectivity index is 1.81. The Bertz CT molecular complexity index is 606. The minimum Gasteiger partial charge on any atom is -0.454 e. The van der Waals surface area contributed by atoms with Crippen LogP contribution in [-0.4, -0.2) is 28.6 Å². The molecule has 0 radical (unpaired) electrons. The van der Waals surface area contributed by atoms with Gasteiger partial charge in [-0.05, 0) is 51.7 Å². The Hall–Kier alpha value is -2.29. The summed E-state index contributed by atoms with van der Waals surface area (Å²) in [5.41, 5.74) is 1.06. The fourth-order valence-electron chi connectivity index (χ4n) is 2.48. The predicted octanol–water partition coefficient (Wildman–Crippen LogP) is 1.46. The number of esters is 1. The summed E-state index contributed by atoms with van der Waals surface area (Å²) in [5, 5.41) is 11.8. The Morgan fingerprint density at radius 2 is 2.00 bits per heavy atom. The zero-order valence-corrected chi connectivity index (χ0v) is 13.2. The Kier molecular flexibility index (Phi) is 4.55. The van der Waals surface area contributed by atoms with Crippen LogP contribution in [0.5, 0.6) is 0 Å². The average molecular weight is 303 g/mol. The number of rotatable bonds is 6. The lowest BCUT2D eigenvalue weighted by molar-refractivity contribution is -0.149. The second-order valence-electron chi connectivity index (χ2n) is 6.00. The number of nitriles is 1. The maximum Gasteiger partial charge on any atom is 0.326 e. The van der Waals surface area contributed by atoms with Crippen LogP contribution in [-0.2, 0) is 20.9 Å². The first kappa shape index (κ1) is 16.1. The van der Waals surface area contributed by atoms with Gasteiger partial charge in [0.15, 0.2) is 6.61 Å². The summed E-state index contributed by atoms with van der Waals surface area (Å²) in [6.45, 7) is 5.23. The van der Waals surface area contributed by atoms with E-state index < -0.39 is 17.4 Å². The molecule has 6 heteroatoms. The lowest BCUT2D eigenvalue weighted by Crippen LogP contribution is -2.48. The highest BCUT2D eigenvalue weighted by Crippen LogP contribution is 2.39. The van der Waals surface area contributed by atoms with Crippen LogP contribution in [0.3, 0.4) is 0 Å². The topological polar surface area (TPSA) is 84.1 Å². The standard InChI is InChI=1S/C16H21N3O3/c1-11-4-5-12(2)19(11)8-15(21)22-9-14(20)18-16(3,10-17)13-6-7-13/h4-5,13H,6-9H2,1-3H3,(H,18,20)/t16-/m1/s1. The van der Waals surface area contributed by atoms with Gasteiger partial charge in [-0.3, -0.25) is 9.59 Å². The number of carbonyl (C=O) groups excluding carboxylic acids is 2. The van der Waals surface area contributed by atoms with Crippen LogP contribution in [0.25, 0.3) is 0 Å². The van der Waals surface area contributed by atoms with Crippen molar-refractivity contribution in [3.63, 3.8) is 0 Å². The third-order valence-corrected chi connectivity index (χ3v) is 4.09. The first-order chi connectivity index (χ1) is 10.4. The lowest BCUT2D eigenvalue weighted by Gasteiger charge is -2.22. The van der Waals surface area contributed by atoms with E-state index in [1.54, 1.807) is 6.92 Å². The summed E-state index contributed by atoms with van der Waals surface area (Å²) in [4.78, 5) is 23.7. The Morgan fingerprint density at radius 3 is 2.50 bits per heavy atom. The van der Waals surface area contributed by atoms with Crippen LogP contribution < -0.4 is 5.32 Å². The summed E-state index contributed by atoms with van der Waals surface area (Å²) in [6.07, 6.45) is 1.88. The molecule has 0 saturated heterocycles. The van der Waals surface area contributed by atoms with Crippen molar-refractivity contribution in [2.45, 2.75) is 45.7 Å². The molecular formula is C16H21N3O3. The van der Waals surface area contributed by atoms with Crippen molar-refractivity contribution in [3.05, 3.63) is 23.5 Å². The fraction of sp³-hybridized carbons (Fsp3) is 0.562. The van der Waals surface area contributed by atoms with Gasteiger partial charge >= 0.3 is 5.97 Å². The second-order valence-corrected chi connectivity index (χ2v) is 6.00. The summed E-state index contributed by atoms with van der Waals surface area (Å²) < 4.78 is 6.82. The van der Waals surface area contributed by atoms with Gasteiger partial charge in [0.25, 0.3) is 5.91 Å². The molecule has 0 bridgehead atoms. The maximum absolute atomic E-state index is 11.8. The minimum atomic E-state index is -0.864. The number of carbonyl (C=O) groups is 2. The van der Waals surface area contributed by atoms with Gasteiger partial charge in [-0.25, -0.2) is 0 Å². The Morgan fingerprint density at radius 1 is 1.41 bits per heavy atom. The molecule has 1 N–H and O–H groups in total. The zero-order chi connectivity index (χ0) is 16.3. The van der Waals surface area contributed by atoms with Gasteiger partial charge in [0.1, 0.15) is 12.1 Å². The number of nitrogens with one attached hydrogen (secondary N) is 1. The van der Waals surface area contributed by atoms with Gasteiger partial charge in [-0.2, -0.15) is 5.26 Å². The molecule has 1 atom stereocenters. The maximum atomic E-state index is 11.8. The van der Waals surface area contributed by atoms with Crippen molar-refractivity contribution < 1.29 is 14.3 Å². The smallest absolute Gasteiger partial charge is 0.326 e. The van der Waals surface area contributed by atoms with Gasteiger partial charge in [0.05, 0.1) is 6.07 Å². The highest BCUT2D eigenvalue weighted by molar-refractivity contribution is 5.81. The third kappa shape index (κ3) is 3.67. The third-order valence-electron chi connectivity index (χ3n) is 4.09. The summed E-state index contributed by atoms with van der Waals surface area (Å²) in [7, 11) is 0. The van der Waals surface area contributed by atoms with Gasteiger partial charge in [-0.15, -0.1) is 0 Å². The predicted molar refractivity (Wildman–Crippen MR) is 79.7 cm³/mol. The van der Waals surface area contributed by atoms with E-state index in [0.717, 1.165) is 24.2 Å². The van der Waals surface area contributed by atoms with Crippen molar-refractivity contribution in [2.75, 3.05) is 6.61 Å². The number of hydrogen-bond acceptors (Lipinski definition) is 4. The van der Waals surface area contributed by atoms with Crippen LogP contribution in [0, 0.1) is 31.1 Å². The number of aryl methyl sites for hydroxylation is 2. The molecule has 1 fully saturated rings. The Labute approximate surface area is 130 Å². The van der Waals surface area contributed by atoms with E-state index in [4.69, 9.17) is 4.74 Å². The molecule has 1 aliphatic rings. The normalized spacial score (nSPS) is 16.5. The lowest BCUT2D eigenvalue weighted by atomic mass is 9.98. The highest BCUT2D eigenvalue weighted by Gasteiger charge is 2.43. The highest BCUT2D eigenvalue weighted by atomic mass is 16.5. The summed E-state index contributed by atoms with van der Waals surface area (Å²) in [5.74, 6) is -0.713. The summed E-state index contributed by atoms with van der Waals surface area (Å²) in [6, 6.07) is 5.97. The molecule has 22 heavy (non-hydrogen) atoms. The average Bonchev–Trinajstić information content (AvgIpc) is 3.28. The molecule has 1 aromatic heterocycles. The molecule has 1 aromatic rings. The van der Waals surface area contributed by atoms with Crippen molar-refractivity contribution >= 4 is 11.9 Å². The van der Waals surface area contributed by atoms with Gasteiger partial charge in [-0.1, -0.05) is 0 Å². The summed E-state index contributed by atoms with van der Waals surface area (Å²) >= 11 is 0. The zero-order valence-electron chi connectivity index (χ0n) is 13.2. The monoisotopic (exact) mass is 303 g/mol. The second kappa shape index (κ2) is 6.22. The SMILES string of the molecule is Cc1ccc(C)n1CC(=O)OCC(=O)N[C@](C)(C#N)C1CC1. The molecule has 0 aliphatic heterocycles. The van der Waals surface area contributed by atoms with Crippen LogP contribution >= 0.6 is 0 Å². The molecule has 2 rings (SSSR count). The van der Waals surface area contributed by atoms with Gasteiger partial charge in [0.2, 0.25) is 0 Å². The van der Waals surface area contributed by atoms with Gasteiger partial charge in [0, 0.05) is 11.4 Å². The van der Waals surface area contributed by atoms with E-state index in [1.165, 1.54) is 0 Å². The minimum absolute atomic E-state index is 0.0795. The molecule has 0 unspecified atom stereocenters. The number of ether oxygens (including phenoxy) is 1. The van der Waals surface area contributed by atoms with Gasteiger partial charge < -0.3 is 14.6 Å². The van der Waals surface area contributed by atoms with Crippen molar-refractivity contribution in [1.29, 1.82) is 5.26 Å². The molecule has 1 amide bonds.